The first-order chi connectivity index (χ1) is 14.7. The van der Waals surface area contributed by atoms with Gasteiger partial charge < -0.3 is 4.74 Å². The lowest BCUT2D eigenvalue weighted by atomic mass is 10.1. The lowest BCUT2D eigenvalue weighted by Crippen LogP contribution is -2.24. The van der Waals surface area contributed by atoms with Gasteiger partial charge in [0.2, 0.25) is 0 Å². The Balaban J connectivity index is 1.70. The number of hydrogen-bond acceptors (Lipinski definition) is 5. The molecule has 0 aliphatic rings. The highest BCUT2D eigenvalue weighted by atomic mass is 32.2. The Labute approximate surface area is 178 Å². The van der Waals surface area contributed by atoms with Crippen LogP contribution >= 0.6 is 11.8 Å². The minimum absolute atomic E-state index is 0.0599. The van der Waals surface area contributed by atoms with Crippen molar-refractivity contribution >= 4 is 28.6 Å². The molecule has 0 radical (unpaired) electrons. The summed E-state index contributed by atoms with van der Waals surface area (Å²) < 4.78 is 6.51. The smallest absolute Gasteiger partial charge is 0.337 e. The van der Waals surface area contributed by atoms with E-state index in [2.05, 4.69) is 0 Å². The molecule has 0 N–H and O–H groups in total. The Morgan fingerprint density at radius 3 is 2.50 bits per heavy atom. The van der Waals surface area contributed by atoms with Crippen LogP contribution in [0.1, 0.15) is 21.5 Å². The van der Waals surface area contributed by atoms with Crippen molar-refractivity contribution in [1.29, 1.82) is 0 Å². The van der Waals surface area contributed by atoms with E-state index in [0.717, 1.165) is 11.1 Å². The molecule has 150 valence electrons. The molecule has 0 bridgehead atoms. The number of fused-ring (bicyclic) bond motifs is 1. The van der Waals surface area contributed by atoms with E-state index in [4.69, 9.17) is 9.72 Å². The van der Waals surface area contributed by atoms with E-state index in [1.807, 2.05) is 60.7 Å². The minimum atomic E-state index is -0.369. The maximum Gasteiger partial charge on any atom is 0.337 e. The van der Waals surface area contributed by atoms with Crippen molar-refractivity contribution in [2.24, 2.45) is 0 Å². The standard InChI is InChI=1S/C24H20N2O3S/c1-29-23(28)19-11-7-10-18(14-19)16-30-24-25-21-13-6-5-12-20(21)22(27)26(24)15-17-8-3-2-4-9-17/h2-14H,15-16H2,1H3. The van der Waals surface area contributed by atoms with Crippen molar-refractivity contribution in [2.45, 2.75) is 17.5 Å². The monoisotopic (exact) mass is 416 g/mol. The van der Waals surface area contributed by atoms with E-state index in [1.54, 1.807) is 22.8 Å². The molecule has 0 fully saturated rings. The average Bonchev–Trinajstić information content (AvgIpc) is 2.80. The number of rotatable bonds is 6. The highest BCUT2D eigenvalue weighted by Crippen LogP contribution is 2.23. The molecule has 1 aromatic heterocycles. The molecule has 4 rings (SSSR count). The number of para-hydroxylation sites is 1. The van der Waals surface area contributed by atoms with Gasteiger partial charge in [-0.05, 0) is 35.4 Å². The van der Waals surface area contributed by atoms with E-state index in [0.29, 0.717) is 33.9 Å². The zero-order chi connectivity index (χ0) is 20.9. The highest BCUT2D eigenvalue weighted by molar-refractivity contribution is 7.98. The van der Waals surface area contributed by atoms with Gasteiger partial charge in [-0.25, -0.2) is 9.78 Å². The molecule has 3 aromatic carbocycles. The number of ether oxygens (including phenoxy) is 1. The second-order valence-electron chi connectivity index (χ2n) is 6.77. The van der Waals surface area contributed by atoms with Crippen molar-refractivity contribution in [1.82, 2.24) is 9.55 Å². The molecule has 5 nitrogen and oxygen atoms in total. The van der Waals surface area contributed by atoms with Gasteiger partial charge in [-0.1, -0.05) is 66.4 Å². The van der Waals surface area contributed by atoms with Gasteiger partial charge in [0, 0.05) is 5.75 Å². The van der Waals surface area contributed by atoms with E-state index < -0.39 is 0 Å². The third-order valence-electron chi connectivity index (χ3n) is 4.73. The number of aromatic nitrogens is 2. The van der Waals surface area contributed by atoms with Crippen molar-refractivity contribution in [3.63, 3.8) is 0 Å². The van der Waals surface area contributed by atoms with Crippen LogP contribution in [0.15, 0.2) is 88.8 Å². The Bertz CT molecular complexity index is 1250. The molecule has 0 spiro atoms. The molecule has 0 saturated carbocycles. The summed E-state index contributed by atoms with van der Waals surface area (Å²) in [6.45, 7) is 0.446. The number of esters is 1. The Kier molecular flexibility index (Phi) is 5.95. The molecular formula is C24H20N2O3S. The van der Waals surface area contributed by atoms with Gasteiger partial charge in [-0.15, -0.1) is 0 Å². The van der Waals surface area contributed by atoms with Crippen molar-refractivity contribution < 1.29 is 9.53 Å². The number of carbonyl (C=O) groups excluding carboxylic acids is 1. The molecule has 4 aromatic rings. The summed E-state index contributed by atoms with van der Waals surface area (Å²) in [6.07, 6.45) is 0. The van der Waals surface area contributed by atoms with E-state index >= 15 is 0 Å². The molecule has 0 aliphatic heterocycles. The highest BCUT2D eigenvalue weighted by Gasteiger charge is 2.13. The van der Waals surface area contributed by atoms with Crippen LogP contribution in [0.3, 0.4) is 0 Å². The second-order valence-corrected chi connectivity index (χ2v) is 7.71. The number of hydrogen-bond donors (Lipinski definition) is 0. The summed E-state index contributed by atoms with van der Waals surface area (Å²) in [6, 6.07) is 24.5. The van der Waals surface area contributed by atoms with Gasteiger partial charge in [0.1, 0.15) is 0 Å². The fraction of sp³-hybridized carbons (Fsp3) is 0.125. The van der Waals surface area contributed by atoms with Crippen molar-refractivity contribution in [3.05, 3.63) is 106 Å². The van der Waals surface area contributed by atoms with Gasteiger partial charge in [0.25, 0.3) is 5.56 Å². The minimum Gasteiger partial charge on any atom is -0.465 e. The zero-order valence-electron chi connectivity index (χ0n) is 16.4. The molecule has 0 unspecified atom stereocenters. The maximum absolute atomic E-state index is 13.2. The van der Waals surface area contributed by atoms with Crippen LogP contribution in [0.4, 0.5) is 0 Å². The summed E-state index contributed by atoms with van der Waals surface area (Å²) in [7, 11) is 1.37. The molecule has 0 atom stereocenters. The lowest BCUT2D eigenvalue weighted by molar-refractivity contribution is 0.0600. The Morgan fingerprint density at radius 1 is 0.967 bits per heavy atom. The molecule has 1 heterocycles. The summed E-state index contributed by atoms with van der Waals surface area (Å²) in [5.74, 6) is 0.205. The first-order valence-corrected chi connectivity index (χ1v) is 10.5. The summed E-state index contributed by atoms with van der Waals surface area (Å²) >= 11 is 1.48. The van der Waals surface area contributed by atoms with Crippen molar-refractivity contribution in [2.75, 3.05) is 7.11 Å². The van der Waals surface area contributed by atoms with Crippen LogP contribution in [-0.4, -0.2) is 22.6 Å². The topological polar surface area (TPSA) is 61.2 Å². The summed E-state index contributed by atoms with van der Waals surface area (Å²) in [5.41, 5.74) is 3.11. The van der Waals surface area contributed by atoms with Crippen LogP contribution < -0.4 is 5.56 Å². The second kappa shape index (κ2) is 8.97. The molecule has 0 amide bonds. The van der Waals surface area contributed by atoms with Gasteiger partial charge in [-0.2, -0.15) is 0 Å². The van der Waals surface area contributed by atoms with Crippen LogP contribution in [-0.2, 0) is 17.0 Å². The third kappa shape index (κ3) is 4.28. The number of benzene rings is 3. The number of methoxy groups -OCH3 is 1. The van der Waals surface area contributed by atoms with Crippen molar-refractivity contribution in [3.8, 4) is 0 Å². The summed E-state index contributed by atoms with van der Waals surface area (Å²) in [5, 5.41) is 1.25. The van der Waals surface area contributed by atoms with Gasteiger partial charge >= 0.3 is 5.97 Å². The maximum atomic E-state index is 13.2. The number of carbonyl (C=O) groups is 1. The fourth-order valence-corrected chi connectivity index (χ4v) is 4.16. The number of nitrogens with zero attached hydrogens (tertiary/aromatic N) is 2. The quantitative estimate of drug-likeness (QED) is 0.263. The molecular weight excluding hydrogens is 396 g/mol. The van der Waals surface area contributed by atoms with Gasteiger partial charge in [0.05, 0.1) is 30.1 Å². The predicted octanol–water partition coefficient (Wildman–Crippen LogP) is 4.52. The van der Waals surface area contributed by atoms with Crippen LogP contribution in [0.5, 0.6) is 0 Å². The van der Waals surface area contributed by atoms with E-state index in [9.17, 15) is 9.59 Å². The molecule has 6 heteroatoms. The average molecular weight is 417 g/mol. The van der Waals surface area contributed by atoms with Crippen LogP contribution in [0, 0.1) is 0 Å². The van der Waals surface area contributed by atoms with E-state index in [1.165, 1.54) is 18.9 Å². The lowest BCUT2D eigenvalue weighted by Gasteiger charge is -2.13. The Hall–Kier alpha value is -3.38. The zero-order valence-corrected chi connectivity index (χ0v) is 17.3. The molecule has 30 heavy (non-hydrogen) atoms. The first-order valence-electron chi connectivity index (χ1n) is 9.49. The SMILES string of the molecule is COC(=O)c1cccc(CSc2nc3ccccc3c(=O)n2Cc2ccccc2)c1. The largest absolute Gasteiger partial charge is 0.465 e. The van der Waals surface area contributed by atoms with Gasteiger partial charge in [0.15, 0.2) is 5.16 Å². The third-order valence-corrected chi connectivity index (χ3v) is 5.77. The normalized spacial score (nSPS) is 10.8. The fourth-order valence-electron chi connectivity index (χ4n) is 3.22. The van der Waals surface area contributed by atoms with Crippen LogP contribution in [0.2, 0.25) is 0 Å². The Morgan fingerprint density at radius 2 is 1.70 bits per heavy atom. The number of thioether (sulfide) groups is 1. The van der Waals surface area contributed by atoms with Crippen LogP contribution in [0.25, 0.3) is 10.9 Å². The summed E-state index contributed by atoms with van der Waals surface area (Å²) in [4.78, 5) is 29.8. The first kappa shape index (κ1) is 19.9. The van der Waals surface area contributed by atoms with Gasteiger partial charge in [-0.3, -0.25) is 9.36 Å². The predicted molar refractivity (Wildman–Crippen MR) is 119 cm³/mol. The molecule has 0 saturated heterocycles. The molecule has 0 aliphatic carbocycles. The van der Waals surface area contributed by atoms with E-state index in [-0.39, 0.29) is 11.5 Å².